The fourth-order valence-electron chi connectivity index (χ4n) is 3.75. The molecule has 0 aromatic heterocycles. The van der Waals surface area contributed by atoms with Crippen molar-refractivity contribution in [2.24, 2.45) is 0 Å². The lowest BCUT2D eigenvalue weighted by molar-refractivity contribution is -0.120. The van der Waals surface area contributed by atoms with E-state index in [0.29, 0.717) is 36.0 Å². The van der Waals surface area contributed by atoms with Crippen LogP contribution in [-0.2, 0) is 20.8 Å². The molecule has 190 valence electrons. The molecule has 0 fully saturated rings. The van der Waals surface area contributed by atoms with E-state index in [9.17, 15) is 14.4 Å². The van der Waals surface area contributed by atoms with E-state index in [-0.39, 0.29) is 23.1 Å². The Labute approximate surface area is 219 Å². The first kappa shape index (κ1) is 25.8. The molecule has 0 aliphatic carbocycles. The third kappa shape index (κ3) is 6.10. The highest BCUT2D eigenvalue weighted by Gasteiger charge is 2.38. The number of hydrogen-bond donors (Lipinski definition) is 2. The monoisotopic (exact) mass is 519 g/mol. The summed E-state index contributed by atoms with van der Waals surface area (Å²) in [6.45, 7) is 4.86. The van der Waals surface area contributed by atoms with Crippen molar-refractivity contribution in [1.82, 2.24) is 0 Å². The van der Waals surface area contributed by atoms with Crippen LogP contribution in [0, 0.1) is 0 Å². The molecular weight excluding hydrogens is 494 g/mol. The number of nitrogens with one attached hydrogen (secondary N) is 2. The quantitative estimate of drug-likeness (QED) is 0.362. The molecule has 37 heavy (non-hydrogen) atoms. The molecule has 3 aromatic carbocycles. The number of anilines is 3. The van der Waals surface area contributed by atoms with Crippen LogP contribution in [0.25, 0.3) is 0 Å². The van der Waals surface area contributed by atoms with Crippen molar-refractivity contribution < 1.29 is 23.9 Å². The summed E-state index contributed by atoms with van der Waals surface area (Å²) in [4.78, 5) is 39.1. The molecule has 1 aliphatic heterocycles. The van der Waals surface area contributed by atoms with Gasteiger partial charge in [-0.25, -0.2) is 4.90 Å². The summed E-state index contributed by atoms with van der Waals surface area (Å²) in [5, 5.41) is 5.59. The largest absolute Gasteiger partial charge is 0.494 e. The van der Waals surface area contributed by atoms with Gasteiger partial charge < -0.3 is 20.1 Å². The Morgan fingerprint density at radius 2 is 1.32 bits per heavy atom. The molecule has 0 saturated heterocycles. The Balaban J connectivity index is 1.37. The maximum Gasteiger partial charge on any atom is 0.283 e. The van der Waals surface area contributed by atoms with Gasteiger partial charge in [0.05, 0.1) is 25.3 Å². The summed E-state index contributed by atoms with van der Waals surface area (Å²) in [6, 6.07) is 20.7. The van der Waals surface area contributed by atoms with Gasteiger partial charge in [-0.05, 0) is 80.1 Å². The van der Waals surface area contributed by atoms with Crippen molar-refractivity contribution in [3.05, 3.63) is 89.1 Å². The van der Waals surface area contributed by atoms with Crippen LogP contribution < -0.4 is 25.0 Å². The minimum Gasteiger partial charge on any atom is -0.494 e. The zero-order valence-corrected chi connectivity index (χ0v) is 21.2. The van der Waals surface area contributed by atoms with Gasteiger partial charge in [0.25, 0.3) is 11.8 Å². The van der Waals surface area contributed by atoms with Crippen LogP contribution in [0.4, 0.5) is 17.1 Å². The highest BCUT2D eigenvalue weighted by atomic mass is 35.5. The predicted molar refractivity (Wildman–Crippen MR) is 143 cm³/mol. The zero-order valence-electron chi connectivity index (χ0n) is 20.4. The van der Waals surface area contributed by atoms with E-state index in [1.807, 2.05) is 13.8 Å². The van der Waals surface area contributed by atoms with Crippen LogP contribution in [0.5, 0.6) is 11.5 Å². The first-order valence-corrected chi connectivity index (χ1v) is 12.2. The second-order valence-corrected chi connectivity index (χ2v) is 8.44. The molecule has 3 amide bonds. The molecular formula is C28H26ClN3O5. The Hall–Kier alpha value is -4.30. The van der Waals surface area contributed by atoms with Gasteiger partial charge in [-0.2, -0.15) is 0 Å². The first-order chi connectivity index (χ1) is 17.9. The molecule has 9 heteroatoms. The van der Waals surface area contributed by atoms with Crippen LogP contribution in [0.1, 0.15) is 19.4 Å². The van der Waals surface area contributed by atoms with Gasteiger partial charge in [0.1, 0.15) is 22.2 Å². The predicted octanol–water partition coefficient (Wildman–Crippen LogP) is 5.10. The Bertz CT molecular complexity index is 1320. The highest BCUT2D eigenvalue weighted by molar-refractivity contribution is 6.53. The van der Waals surface area contributed by atoms with Crippen LogP contribution in [0.3, 0.4) is 0 Å². The number of hydrogen-bond acceptors (Lipinski definition) is 6. The number of imide groups is 1. The maximum absolute atomic E-state index is 13.0. The summed E-state index contributed by atoms with van der Waals surface area (Å²) < 4.78 is 10.8. The fourth-order valence-corrected chi connectivity index (χ4v) is 3.96. The second kappa shape index (κ2) is 11.6. The van der Waals surface area contributed by atoms with E-state index < -0.39 is 11.8 Å². The molecule has 0 saturated carbocycles. The molecule has 2 N–H and O–H groups in total. The SMILES string of the molecule is CCOc1ccc(NC(=O)Cc2ccc(NC3=C(Cl)C(=O)N(c4ccc(OCC)cc4)C3=O)cc2)cc1. The van der Waals surface area contributed by atoms with E-state index in [4.69, 9.17) is 21.1 Å². The van der Waals surface area contributed by atoms with Crippen molar-refractivity contribution in [2.75, 3.05) is 28.7 Å². The summed E-state index contributed by atoms with van der Waals surface area (Å²) in [7, 11) is 0. The number of halogens is 1. The lowest BCUT2D eigenvalue weighted by atomic mass is 10.1. The molecule has 4 rings (SSSR count). The molecule has 0 spiro atoms. The standard InChI is InChI=1S/C28H26ClN3O5/c1-3-36-22-13-9-19(10-14-22)30-24(33)17-18-5-7-20(8-6-18)31-26-25(29)27(34)32(28(26)35)21-11-15-23(16-12-21)37-4-2/h5-16,31H,3-4,17H2,1-2H3,(H,30,33). The number of carbonyl (C=O) groups excluding carboxylic acids is 3. The summed E-state index contributed by atoms with van der Waals surface area (Å²) in [5.74, 6) is 0.0388. The molecule has 0 unspecified atom stereocenters. The van der Waals surface area contributed by atoms with Crippen molar-refractivity contribution in [2.45, 2.75) is 20.3 Å². The first-order valence-electron chi connectivity index (χ1n) is 11.8. The molecule has 1 heterocycles. The van der Waals surface area contributed by atoms with Crippen molar-refractivity contribution in [1.29, 1.82) is 0 Å². The van der Waals surface area contributed by atoms with Crippen LogP contribution in [0.2, 0.25) is 0 Å². The van der Waals surface area contributed by atoms with Crippen molar-refractivity contribution in [3.63, 3.8) is 0 Å². The lowest BCUT2D eigenvalue weighted by Gasteiger charge is -2.15. The Kier molecular flexibility index (Phi) is 8.10. The molecule has 0 radical (unpaired) electrons. The topological polar surface area (TPSA) is 97.0 Å². The maximum atomic E-state index is 13.0. The summed E-state index contributed by atoms with van der Waals surface area (Å²) in [5.41, 5.74) is 2.39. The van der Waals surface area contributed by atoms with Gasteiger partial charge in [-0.3, -0.25) is 14.4 Å². The Morgan fingerprint density at radius 1 is 0.784 bits per heavy atom. The van der Waals surface area contributed by atoms with E-state index in [2.05, 4.69) is 10.6 Å². The minimum atomic E-state index is -0.610. The second-order valence-electron chi connectivity index (χ2n) is 8.07. The fraction of sp³-hybridized carbons (Fsp3) is 0.179. The van der Waals surface area contributed by atoms with Crippen LogP contribution >= 0.6 is 11.6 Å². The smallest absolute Gasteiger partial charge is 0.283 e. The molecule has 0 atom stereocenters. The van der Waals surface area contributed by atoms with Gasteiger partial charge in [-0.15, -0.1) is 0 Å². The van der Waals surface area contributed by atoms with Crippen molar-refractivity contribution >= 4 is 46.4 Å². The van der Waals surface area contributed by atoms with E-state index in [1.54, 1.807) is 72.8 Å². The average molecular weight is 520 g/mol. The van der Waals surface area contributed by atoms with Gasteiger partial charge in [0, 0.05) is 11.4 Å². The molecule has 8 nitrogen and oxygen atoms in total. The van der Waals surface area contributed by atoms with Crippen LogP contribution in [-0.4, -0.2) is 30.9 Å². The number of carbonyl (C=O) groups is 3. The van der Waals surface area contributed by atoms with Crippen molar-refractivity contribution in [3.8, 4) is 11.5 Å². The lowest BCUT2D eigenvalue weighted by Crippen LogP contribution is -2.32. The van der Waals surface area contributed by atoms with Crippen LogP contribution in [0.15, 0.2) is 83.5 Å². The number of nitrogens with zero attached hydrogens (tertiary/aromatic N) is 1. The van der Waals surface area contributed by atoms with E-state index in [0.717, 1.165) is 16.2 Å². The third-order valence-electron chi connectivity index (χ3n) is 5.47. The number of amides is 3. The highest BCUT2D eigenvalue weighted by Crippen LogP contribution is 2.31. The zero-order chi connectivity index (χ0) is 26.4. The van der Waals surface area contributed by atoms with Gasteiger partial charge in [-0.1, -0.05) is 23.7 Å². The number of benzene rings is 3. The minimum absolute atomic E-state index is 0.0125. The number of ether oxygens (including phenoxy) is 2. The summed E-state index contributed by atoms with van der Waals surface area (Å²) >= 11 is 6.22. The normalized spacial score (nSPS) is 13.1. The average Bonchev–Trinajstić information content (AvgIpc) is 3.10. The van der Waals surface area contributed by atoms with Gasteiger partial charge in [0.15, 0.2) is 0 Å². The number of rotatable bonds is 10. The van der Waals surface area contributed by atoms with E-state index >= 15 is 0 Å². The van der Waals surface area contributed by atoms with Gasteiger partial charge in [0.2, 0.25) is 5.91 Å². The Morgan fingerprint density at radius 3 is 1.89 bits per heavy atom. The third-order valence-corrected chi connectivity index (χ3v) is 5.82. The molecule has 0 bridgehead atoms. The summed E-state index contributed by atoms with van der Waals surface area (Å²) in [6.07, 6.45) is 0.167. The molecule has 1 aliphatic rings. The van der Waals surface area contributed by atoms with E-state index in [1.165, 1.54) is 0 Å². The van der Waals surface area contributed by atoms with Gasteiger partial charge >= 0.3 is 0 Å². The molecule has 3 aromatic rings.